The third-order valence-electron chi connectivity index (χ3n) is 15.6. The Labute approximate surface area is 486 Å². The molecule has 0 fully saturated rings. The minimum Gasteiger partial charge on any atom is -0.462 e. The first-order valence-corrected chi connectivity index (χ1v) is 34.6. The Hall–Kier alpha value is -2.63. The van der Waals surface area contributed by atoms with Gasteiger partial charge in [-0.15, -0.1) is 0 Å². The van der Waals surface area contributed by atoms with Crippen molar-refractivity contribution in [3.8, 4) is 0 Å². The number of carbonyl (C=O) groups is 3. The third-order valence-corrected chi connectivity index (χ3v) is 15.6. The van der Waals surface area contributed by atoms with Gasteiger partial charge in [-0.2, -0.15) is 0 Å². The molecule has 0 spiro atoms. The number of rotatable bonds is 64. The van der Waals surface area contributed by atoms with Crippen LogP contribution in [0.5, 0.6) is 0 Å². The first kappa shape index (κ1) is 75.4. The van der Waals surface area contributed by atoms with Gasteiger partial charge in [-0.05, 0) is 77.0 Å². The van der Waals surface area contributed by atoms with Crippen LogP contribution in [0.2, 0.25) is 0 Å². The maximum Gasteiger partial charge on any atom is 0.306 e. The van der Waals surface area contributed by atoms with Gasteiger partial charge in [0.2, 0.25) is 0 Å². The molecule has 456 valence electrons. The molecule has 0 saturated heterocycles. The molecule has 78 heavy (non-hydrogen) atoms. The Morgan fingerprint density at radius 1 is 0.256 bits per heavy atom. The fourth-order valence-electron chi connectivity index (χ4n) is 10.3. The first-order valence-electron chi connectivity index (χ1n) is 34.6. The van der Waals surface area contributed by atoms with E-state index in [1.54, 1.807) is 0 Å². The number of unbranched alkanes of at least 4 members (excludes halogenated alkanes) is 45. The molecule has 6 heteroatoms. The van der Waals surface area contributed by atoms with E-state index >= 15 is 0 Å². The van der Waals surface area contributed by atoms with E-state index < -0.39 is 6.10 Å². The maximum absolute atomic E-state index is 12.9. The van der Waals surface area contributed by atoms with Crippen LogP contribution >= 0.6 is 0 Å². The van der Waals surface area contributed by atoms with E-state index in [1.807, 2.05) is 0 Å². The van der Waals surface area contributed by atoms with Gasteiger partial charge in [0, 0.05) is 19.3 Å². The molecule has 0 aliphatic rings. The highest BCUT2D eigenvalue weighted by Gasteiger charge is 2.19. The lowest BCUT2D eigenvalue weighted by Crippen LogP contribution is -2.30. The highest BCUT2D eigenvalue weighted by Crippen LogP contribution is 2.18. The Morgan fingerprint density at radius 2 is 0.474 bits per heavy atom. The second-order valence-electron chi connectivity index (χ2n) is 23.4. The summed E-state index contributed by atoms with van der Waals surface area (Å²) >= 11 is 0. The monoisotopic (exact) mass is 1090 g/mol. The molecule has 0 aromatic rings. The van der Waals surface area contributed by atoms with Gasteiger partial charge in [-0.1, -0.05) is 326 Å². The van der Waals surface area contributed by atoms with Gasteiger partial charge in [0.1, 0.15) is 13.2 Å². The Morgan fingerprint density at radius 3 is 0.744 bits per heavy atom. The second-order valence-corrected chi connectivity index (χ2v) is 23.4. The van der Waals surface area contributed by atoms with Crippen LogP contribution in [0.25, 0.3) is 0 Å². The van der Waals surface area contributed by atoms with Gasteiger partial charge in [0.05, 0.1) is 0 Å². The van der Waals surface area contributed by atoms with Crippen molar-refractivity contribution in [1.82, 2.24) is 0 Å². The molecule has 0 amide bonds. The van der Waals surface area contributed by atoms with Gasteiger partial charge < -0.3 is 14.2 Å². The van der Waals surface area contributed by atoms with Crippen molar-refractivity contribution in [2.24, 2.45) is 0 Å². The molecule has 1 atom stereocenters. The van der Waals surface area contributed by atoms with Crippen LogP contribution in [-0.4, -0.2) is 37.2 Å². The van der Waals surface area contributed by atoms with E-state index in [0.29, 0.717) is 19.3 Å². The molecule has 0 heterocycles. The van der Waals surface area contributed by atoms with Crippen molar-refractivity contribution >= 4 is 17.9 Å². The first-order chi connectivity index (χ1) is 38.5. The third kappa shape index (κ3) is 64.2. The summed E-state index contributed by atoms with van der Waals surface area (Å²) in [6.07, 6.45) is 84.2. The zero-order valence-corrected chi connectivity index (χ0v) is 52.5. The fraction of sp³-hybridized carbons (Fsp3) is 0.847. The second kappa shape index (κ2) is 66.9. The fourth-order valence-corrected chi connectivity index (χ4v) is 10.3. The molecule has 0 aliphatic carbocycles. The van der Waals surface area contributed by atoms with Gasteiger partial charge in [-0.25, -0.2) is 0 Å². The van der Waals surface area contributed by atoms with E-state index in [4.69, 9.17) is 14.2 Å². The van der Waals surface area contributed by atoms with Crippen molar-refractivity contribution < 1.29 is 28.6 Å². The van der Waals surface area contributed by atoms with E-state index in [9.17, 15) is 14.4 Å². The van der Waals surface area contributed by atoms with Gasteiger partial charge in [0.25, 0.3) is 0 Å². The average molecular weight is 1090 g/mol. The van der Waals surface area contributed by atoms with Crippen LogP contribution in [0.15, 0.2) is 48.6 Å². The van der Waals surface area contributed by atoms with Crippen molar-refractivity contribution in [3.63, 3.8) is 0 Å². The minimum atomic E-state index is -0.778. The molecule has 0 saturated carbocycles. The summed E-state index contributed by atoms with van der Waals surface area (Å²) in [6.45, 7) is 6.64. The van der Waals surface area contributed by atoms with Crippen molar-refractivity contribution in [3.05, 3.63) is 48.6 Å². The molecule has 0 aliphatic heterocycles. The lowest BCUT2D eigenvalue weighted by Gasteiger charge is -2.18. The number of hydrogen-bond donors (Lipinski definition) is 0. The molecular formula is C72H132O6. The molecule has 1 unspecified atom stereocenters. The molecule has 0 bridgehead atoms. The molecule has 0 aromatic carbocycles. The van der Waals surface area contributed by atoms with Crippen LogP contribution in [0.4, 0.5) is 0 Å². The van der Waals surface area contributed by atoms with Gasteiger partial charge >= 0.3 is 17.9 Å². The Bertz CT molecular complexity index is 1350. The summed E-state index contributed by atoms with van der Waals surface area (Å²) in [5.41, 5.74) is 0. The van der Waals surface area contributed by atoms with Crippen LogP contribution in [0.3, 0.4) is 0 Å². The lowest BCUT2D eigenvalue weighted by atomic mass is 10.0. The minimum absolute atomic E-state index is 0.0739. The van der Waals surface area contributed by atoms with Gasteiger partial charge in [-0.3, -0.25) is 14.4 Å². The van der Waals surface area contributed by atoms with Crippen LogP contribution in [0, 0.1) is 0 Å². The number of carbonyl (C=O) groups excluding carboxylic acids is 3. The standard InChI is InChI=1S/C72H132O6/c1-4-7-10-13-16-19-22-25-28-30-32-34-35-36-37-39-40-42-44-47-50-53-56-59-62-65-71(74)77-68-69(67-76-70(73)64-61-58-55-52-49-46-27-24-21-18-15-12-9-6-3)78-72(75)66-63-60-57-54-51-48-45-43-41-38-33-31-29-26-23-20-17-14-11-8-5-2/h15,18,22,24-25,27,30,32,69H,4-14,16-17,19-21,23,26,28-29,31,33-68H2,1-3H3/b18-15-,25-22-,27-24-,32-30-. The van der Waals surface area contributed by atoms with Gasteiger partial charge in [0.15, 0.2) is 6.10 Å². The van der Waals surface area contributed by atoms with E-state index in [-0.39, 0.29) is 31.1 Å². The van der Waals surface area contributed by atoms with Crippen molar-refractivity contribution in [2.45, 2.75) is 380 Å². The summed E-state index contributed by atoms with van der Waals surface area (Å²) in [4.78, 5) is 38.4. The summed E-state index contributed by atoms with van der Waals surface area (Å²) in [6, 6.07) is 0. The van der Waals surface area contributed by atoms with Crippen LogP contribution in [-0.2, 0) is 28.6 Å². The van der Waals surface area contributed by atoms with Crippen molar-refractivity contribution in [1.29, 1.82) is 0 Å². The Balaban J connectivity index is 4.27. The predicted octanol–water partition coefficient (Wildman–Crippen LogP) is 23.7. The van der Waals surface area contributed by atoms with E-state index in [0.717, 1.165) is 83.5 Å². The highest BCUT2D eigenvalue weighted by atomic mass is 16.6. The number of ether oxygens (including phenoxy) is 3. The molecule has 0 aromatic heterocycles. The SMILES string of the molecule is CCCC/C=C\C/C=C\CCCCCCCC(=O)OCC(COC(=O)CCCCCCCCCCCCCCC/C=C\C/C=C\CCCCCCC)OC(=O)CCCCCCCCCCCCCCCCCCCCCCC. The average Bonchev–Trinajstić information content (AvgIpc) is 3.44. The zero-order valence-electron chi connectivity index (χ0n) is 52.5. The summed E-state index contributed by atoms with van der Waals surface area (Å²) in [5, 5.41) is 0. The maximum atomic E-state index is 12.9. The Kier molecular flexibility index (Phi) is 64.6. The highest BCUT2D eigenvalue weighted by molar-refractivity contribution is 5.71. The number of allylic oxidation sites excluding steroid dienone is 8. The molecule has 6 nitrogen and oxygen atoms in total. The molecular weight excluding hydrogens is 961 g/mol. The predicted molar refractivity (Wildman–Crippen MR) is 339 cm³/mol. The zero-order chi connectivity index (χ0) is 56.4. The smallest absolute Gasteiger partial charge is 0.306 e. The normalized spacial score (nSPS) is 12.3. The number of hydrogen-bond acceptors (Lipinski definition) is 6. The van der Waals surface area contributed by atoms with Crippen LogP contribution < -0.4 is 0 Å². The molecule has 0 N–H and O–H groups in total. The lowest BCUT2D eigenvalue weighted by molar-refractivity contribution is -0.167. The van der Waals surface area contributed by atoms with Crippen molar-refractivity contribution in [2.75, 3.05) is 13.2 Å². The summed E-state index contributed by atoms with van der Waals surface area (Å²) in [5.74, 6) is -0.863. The molecule has 0 radical (unpaired) electrons. The molecule has 0 rings (SSSR count). The summed E-state index contributed by atoms with van der Waals surface area (Å²) in [7, 11) is 0. The van der Waals surface area contributed by atoms with Crippen LogP contribution in [0.1, 0.15) is 374 Å². The van der Waals surface area contributed by atoms with E-state index in [2.05, 4.69) is 69.4 Å². The van der Waals surface area contributed by atoms with E-state index in [1.165, 1.54) is 250 Å². The quantitative estimate of drug-likeness (QED) is 0.0261. The topological polar surface area (TPSA) is 78.9 Å². The largest absolute Gasteiger partial charge is 0.462 e. The number of esters is 3. The summed E-state index contributed by atoms with van der Waals surface area (Å²) < 4.78 is 17.0.